The predicted octanol–water partition coefficient (Wildman–Crippen LogP) is 7.61. The molecule has 0 amide bonds. The Hall–Kier alpha value is -4.62. The number of carboxylic acids is 1. The first-order valence-electron chi connectivity index (χ1n) is 16.3. The average Bonchev–Trinajstić information content (AvgIpc) is 3.80. The van der Waals surface area contributed by atoms with E-state index in [0.717, 1.165) is 11.4 Å². The largest absolute Gasteiger partial charge is 0.478 e. The van der Waals surface area contributed by atoms with Crippen molar-refractivity contribution in [1.82, 2.24) is 9.97 Å². The zero-order valence-electron chi connectivity index (χ0n) is 27.3. The van der Waals surface area contributed by atoms with Crippen molar-refractivity contribution < 1.29 is 45.8 Å². The molecule has 8 nitrogen and oxygen atoms in total. The molecule has 0 spiro atoms. The van der Waals surface area contributed by atoms with Crippen LogP contribution in [0.15, 0.2) is 60.9 Å². The van der Waals surface area contributed by atoms with Gasteiger partial charge in [-0.25, -0.2) is 9.59 Å². The van der Waals surface area contributed by atoms with E-state index in [1.807, 2.05) is 21.9 Å². The van der Waals surface area contributed by atoms with Crippen LogP contribution in [0.25, 0.3) is 21.8 Å². The van der Waals surface area contributed by atoms with Gasteiger partial charge in [0.1, 0.15) is 5.60 Å². The van der Waals surface area contributed by atoms with Gasteiger partial charge in [0.2, 0.25) is 0 Å². The van der Waals surface area contributed by atoms with Gasteiger partial charge in [0, 0.05) is 60.7 Å². The van der Waals surface area contributed by atoms with Gasteiger partial charge in [0.15, 0.2) is 0 Å². The molecule has 8 rings (SSSR count). The Bertz CT molecular complexity index is 1970. The third-order valence-corrected chi connectivity index (χ3v) is 10.2. The summed E-state index contributed by atoms with van der Waals surface area (Å²) in [6.07, 6.45) is -5.21. The Kier molecular flexibility index (Phi) is 7.94. The molecule has 2 saturated carbocycles. The van der Waals surface area contributed by atoms with E-state index in [9.17, 15) is 41.0 Å². The first kappa shape index (κ1) is 33.9. The van der Waals surface area contributed by atoms with E-state index in [1.165, 1.54) is 12.3 Å². The number of alkyl halides is 6. The van der Waals surface area contributed by atoms with Crippen LogP contribution in [0.3, 0.4) is 0 Å². The summed E-state index contributed by atoms with van der Waals surface area (Å²) in [6, 6.07) is 13.7. The fraction of sp³-hybridized carbons (Fsp3) is 0.444. The van der Waals surface area contributed by atoms with Gasteiger partial charge in [-0.15, -0.1) is 0 Å². The summed E-state index contributed by atoms with van der Waals surface area (Å²) in [5.41, 5.74) is 2.72. The van der Waals surface area contributed by atoms with Crippen molar-refractivity contribution in [2.24, 2.45) is 35.5 Å². The maximum Gasteiger partial charge on any atom is 0.392 e. The Balaban J connectivity index is 0.000000159. The predicted molar refractivity (Wildman–Crippen MR) is 173 cm³/mol. The molecule has 4 heterocycles. The average molecular weight is 701 g/mol. The van der Waals surface area contributed by atoms with Crippen molar-refractivity contribution in [3.8, 4) is 0 Å². The molecular formula is C36H34F6N4O4. The Labute approximate surface area is 283 Å². The van der Waals surface area contributed by atoms with Gasteiger partial charge in [-0.3, -0.25) is 9.97 Å². The first-order chi connectivity index (χ1) is 23.4. The fourth-order valence-corrected chi connectivity index (χ4v) is 7.80. The minimum atomic E-state index is -4.11. The number of hydrogen-bond acceptors (Lipinski definition) is 7. The summed E-state index contributed by atoms with van der Waals surface area (Å²) in [6.45, 7) is 6.91. The van der Waals surface area contributed by atoms with Gasteiger partial charge in [0.05, 0.1) is 34.0 Å². The number of carbonyl (C=O) groups excluding carboxylic acids is 1. The molecule has 4 fully saturated rings. The van der Waals surface area contributed by atoms with Gasteiger partial charge in [-0.1, -0.05) is 0 Å². The zero-order chi connectivity index (χ0) is 35.9. The Morgan fingerprint density at radius 3 is 1.46 bits per heavy atom. The topological polar surface area (TPSA) is 95.9 Å². The quantitative estimate of drug-likeness (QED) is 0.172. The number of aromatic carboxylic acids is 1. The lowest BCUT2D eigenvalue weighted by atomic mass is 10.1. The molecule has 50 heavy (non-hydrogen) atoms. The van der Waals surface area contributed by atoms with Crippen molar-refractivity contribution in [2.75, 3.05) is 36.0 Å². The Morgan fingerprint density at radius 1 is 0.680 bits per heavy atom. The van der Waals surface area contributed by atoms with Gasteiger partial charge in [-0.05, 0) is 93.0 Å². The van der Waals surface area contributed by atoms with E-state index in [0.29, 0.717) is 53.5 Å². The summed E-state index contributed by atoms with van der Waals surface area (Å²) >= 11 is 0. The summed E-state index contributed by atoms with van der Waals surface area (Å²) < 4.78 is 82.4. The molecule has 2 aliphatic carbocycles. The summed E-state index contributed by atoms with van der Waals surface area (Å²) in [5, 5.41) is 10.4. The molecule has 2 unspecified atom stereocenters. The van der Waals surface area contributed by atoms with Crippen LogP contribution in [0.1, 0.15) is 41.5 Å². The molecule has 6 atom stereocenters. The van der Waals surface area contributed by atoms with Crippen LogP contribution in [-0.2, 0) is 4.74 Å². The second kappa shape index (κ2) is 11.7. The number of piperidine rings is 2. The van der Waals surface area contributed by atoms with Crippen molar-refractivity contribution in [3.63, 3.8) is 0 Å². The lowest BCUT2D eigenvalue weighted by molar-refractivity contribution is -0.155. The number of benzene rings is 2. The number of ether oxygens (including phenoxy) is 1. The number of aromatic nitrogens is 2. The first-order valence-corrected chi connectivity index (χ1v) is 16.3. The zero-order valence-corrected chi connectivity index (χ0v) is 27.3. The molecule has 264 valence electrons. The van der Waals surface area contributed by atoms with Crippen molar-refractivity contribution in [2.45, 2.75) is 38.7 Å². The summed E-state index contributed by atoms with van der Waals surface area (Å²) in [7, 11) is 0. The van der Waals surface area contributed by atoms with E-state index < -0.39 is 41.7 Å². The maximum absolute atomic E-state index is 12.9. The molecular weight excluding hydrogens is 666 g/mol. The maximum atomic E-state index is 12.9. The van der Waals surface area contributed by atoms with Crippen LogP contribution in [0, 0.1) is 35.5 Å². The van der Waals surface area contributed by atoms with Crippen LogP contribution in [0.2, 0.25) is 0 Å². The number of nitrogens with zero attached hydrogens (tertiary/aromatic N) is 4. The Morgan fingerprint density at radius 2 is 1.08 bits per heavy atom. The smallest absolute Gasteiger partial charge is 0.392 e. The lowest BCUT2D eigenvalue weighted by Crippen LogP contribution is -2.28. The molecule has 2 saturated heterocycles. The number of pyridine rings is 2. The number of esters is 1. The number of rotatable bonds is 4. The van der Waals surface area contributed by atoms with Crippen molar-refractivity contribution in [1.29, 1.82) is 0 Å². The third kappa shape index (κ3) is 6.39. The van der Waals surface area contributed by atoms with E-state index >= 15 is 0 Å². The summed E-state index contributed by atoms with van der Waals surface area (Å²) in [4.78, 5) is 36.1. The normalized spacial score (nSPS) is 25.5. The molecule has 0 radical (unpaired) electrons. The van der Waals surface area contributed by atoms with Crippen LogP contribution >= 0.6 is 0 Å². The number of hydrogen-bond donors (Lipinski definition) is 1. The number of carbonyl (C=O) groups is 2. The van der Waals surface area contributed by atoms with E-state index in [2.05, 4.69) is 9.97 Å². The molecule has 4 aliphatic rings. The molecule has 0 bridgehead atoms. The van der Waals surface area contributed by atoms with E-state index in [-0.39, 0.29) is 29.2 Å². The molecule has 2 aromatic carbocycles. The summed E-state index contributed by atoms with van der Waals surface area (Å²) in [5.74, 6) is -5.12. The highest BCUT2D eigenvalue weighted by Crippen LogP contribution is 2.60. The number of fused-ring (bicyclic) bond motifs is 4. The second-order valence-corrected chi connectivity index (χ2v) is 14.5. The SMILES string of the molecule is CC(C)(C)OC(=O)c1ccnc2ccc(N3C[C@@H]4C(C(F)(F)F)[C@@H]4C3)cc12.O=C(O)c1ccnc2ccc(N3C[C@@H]4C(C(F)(F)F)[C@@H]4C3)cc12. The minimum absolute atomic E-state index is 0.148. The van der Waals surface area contributed by atoms with Crippen molar-refractivity contribution in [3.05, 3.63) is 72.1 Å². The number of halogens is 6. The van der Waals surface area contributed by atoms with Crippen LogP contribution in [-0.4, -0.2) is 71.1 Å². The highest BCUT2D eigenvalue weighted by molar-refractivity contribution is 6.04. The van der Waals surface area contributed by atoms with Crippen LogP contribution in [0.5, 0.6) is 0 Å². The molecule has 1 N–H and O–H groups in total. The van der Waals surface area contributed by atoms with Crippen molar-refractivity contribution >= 4 is 45.1 Å². The minimum Gasteiger partial charge on any atom is -0.478 e. The number of anilines is 2. The van der Waals surface area contributed by atoms with Crippen LogP contribution < -0.4 is 9.80 Å². The molecule has 2 aliphatic heterocycles. The van der Waals surface area contributed by atoms with Gasteiger partial charge in [-0.2, -0.15) is 26.3 Å². The van der Waals surface area contributed by atoms with Gasteiger partial charge in [0.25, 0.3) is 0 Å². The lowest BCUT2D eigenvalue weighted by Gasteiger charge is -2.24. The monoisotopic (exact) mass is 700 g/mol. The van der Waals surface area contributed by atoms with E-state index in [4.69, 9.17) is 4.74 Å². The number of carboxylic acid groups (broad SMARTS) is 1. The molecule has 14 heteroatoms. The second-order valence-electron chi connectivity index (χ2n) is 14.5. The third-order valence-electron chi connectivity index (χ3n) is 10.2. The molecule has 4 aromatic rings. The van der Waals surface area contributed by atoms with E-state index in [1.54, 1.807) is 57.3 Å². The van der Waals surface area contributed by atoms with Gasteiger partial charge >= 0.3 is 24.3 Å². The molecule has 2 aromatic heterocycles. The van der Waals surface area contributed by atoms with Crippen LogP contribution in [0.4, 0.5) is 37.7 Å². The highest BCUT2D eigenvalue weighted by atomic mass is 19.4. The highest BCUT2D eigenvalue weighted by Gasteiger charge is 2.68. The standard InChI is InChI=1S/C20H21F3N2O2.C16H13F3N2O2/c1-19(2,3)27-18(26)12-6-7-24-16-5-4-11(8-13(12)16)25-9-14-15(10-25)17(14)20(21,22)23;17-16(18,19)14-11-6-21(7-12(11)14)8-1-2-13-10(5-8)9(15(22)23)3-4-20-13/h4-8,14-15,17H,9-10H2,1-3H3;1-5,11-12,14H,6-7H2,(H,22,23)/t14-,15+,17?;11-,12+,14?. The fourth-order valence-electron chi connectivity index (χ4n) is 7.80. The van der Waals surface area contributed by atoms with Gasteiger partial charge < -0.3 is 19.6 Å².